The van der Waals surface area contributed by atoms with Gasteiger partial charge in [0, 0.05) is 19.5 Å². The van der Waals surface area contributed by atoms with E-state index in [9.17, 15) is 4.79 Å². The topological polar surface area (TPSA) is 20.3 Å². The summed E-state index contributed by atoms with van der Waals surface area (Å²) in [6, 6.07) is 0. The van der Waals surface area contributed by atoms with Gasteiger partial charge in [0.05, 0.1) is 0 Å². The standard InChI is InChI=1S/C11H22NO/c1-6-11(13)12(7-9(2)3)8-10(4)5/h9-10H,1,6-8H2,2-5H3. The van der Waals surface area contributed by atoms with Crippen LogP contribution in [0.4, 0.5) is 0 Å². The molecule has 0 aliphatic heterocycles. The van der Waals surface area contributed by atoms with Crippen molar-refractivity contribution >= 4 is 5.91 Å². The van der Waals surface area contributed by atoms with Crippen LogP contribution in [0.2, 0.25) is 0 Å². The first-order valence-corrected chi connectivity index (χ1v) is 5.04. The average Bonchev–Trinajstić information content (AvgIpc) is 2.00. The highest BCUT2D eigenvalue weighted by Crippen LogP contribution is 2.05. The molecule has 0 fully saturated rings. The first-order chi connectivity index (χ1) is 5.97. The molecule has 0 aromatic carbocycles. The molecule has 0 unspecified atom stereocenters. The molecule has 13 heavy (non-hydrogen) atoms. The van der Waals surface area contributed by atoms with E-state index in [1.807, 2.05) is 4.90 Å². The van der Waals surface area contributed by atoms with E-state index in [1.54, 1.807) is 0 Å². The summed E-state index contributed by atoms with van der Waals surface area (Å²) in [6.45, 7) is 13.9. The van der Waals surface area contributed by atoms with E-state index in [2.05, 4.69) is 34.6 Å². The maximum absolute atomic E-state index is 11.4. The van der Waals surface area contributed by atoms with Crippen LogP contribution in [0.15, 0.2) is 0 Å². The molecule has 0 aliphatic carbocycles. The van der Waals surface area contributed by atoms with Crippen LogP contribution in [0.25, 0.3) is 0 Å². The Hall–Kier alpha value is -0.530. The number of rotatable bonds is 5. The maximum atomic E-state index is 11.4. The number of carbonyl (C=O) groups is 1. The summed E-state index contributed by atoms with van der Waals surface area (Å²) in [5.41, 5.74) is 0. The van der Waals surface area contributed by atoms with Gasteiger partial charge in [0.1, 0.15) is 0 Å². The van der Waals surface area contributed by atoms with Gasteiger partial charge in [0.2, 0.25) is 5.91 Å². The summed E-state index contributed by atoms with van der Waals surface area (Å²) in [6.07, 6.45) is 0.374. The van der Waals surface area contributed by atoms with Crippen LogP contribution < -0.4 is 0 Å². The largest absolute Gasteiger partial charge is 0.342 e. The average molecular weight is 184 g/mol. The number of nitrogens with zero attached hydrogens (tertiary/aromatic N) is 1. The molecule has 0 saturated carbocycles. The molecule has 0 atom stereocenters. The lowest BCUT2D eigenvalue weighted by atomic mass is 10.1. The Morgan fingerprint density at radius 2 is 1.54 bits per heavy atom. The van der Waals surface area contributed by atoms with Gasteiger partial charge in [-0.3, -0.25) is 4.79 Å². The fourth-order valence-electron chi connectivity index (χ4n) is 1.32. The van der Waals surface area contributed by atoms with E-state index in [-0.39, 0.29) is 5.91 Å². The second kappa shape index (κ2) is 6.01. The van der Waals surface area contributed by atoms with Crippen LogP contribution in [0, 0.1) is 18.8 Å². The first kappa shape index (κ1) is 12.5. The molecule has 2 nitrogen and oxygen atoms in total. The molecule has 0 aliphatic rings. The number of hydrogen-bond acceptors (Lipinski definition) is 1. The Morgan fingerprint density at radius 1 is 1.15 bits per heavy atom. The minimum absolute atomic E-state index is 0.169. The minimum Gasteiger partial charge on any atom is -0.342 e. The van der Waals surface area contributed by atoms with Gasteiger partial charge in [0.25, 0.3) is 0 Å². The van der Waals surface area contributed by atoms with Crippen molar-refractivity contribution in [3.8, 4) is 0 Å². The number of amides is 1. The molecular formula is C11H22NO. The first-order valence-electron chi connectivity index (χ1n) is 5.04. The summed E-state index contributed by atoms with van der Waals surface area (Å²) < 4.78 is 0. The van der Waals surface area contributed by atoms with Crippen molar-refractivity contribution in [2.45, 2.75) is 34.1 Å². The third-order valence-corrected chi connectivity index (χ3v) is 1.74. The van der Waals surface area contributed by atoms with Gasteiger partial charge in [-0.05, 0) is 18.8 Å². The van der Waals surface area contributed by atoms with Gasteiger partial charge in [-0.15, -0.1) is 0 Å². The van der Waals surface area contributed by atoms with Gasteiger partial charge >= 0.3 is 0 Å². The molecule has 1 amide bonds. The fourth-order valence-corrected chi connectivity index (χ4v) is 1.32. The highest BCUT2D eigenvalue weighted by molar-refractivity contribution is 5.76. The SMILES string of the molecule is [CH2]CC(=O)N(CC(C)C)CC(C)C. The van der Waals surface area contributed by atoms with E-state index in [4.69, 9.17) is 0 Å². The summed E-state index contributed by atoms with van der Waals surface area (Å²) in [5, 5.41) is 0. The Kier molecular flexibility index (Phi) is 5.76. The van der Waals surface area contributed by atoms with E-state index in [1.165, 1.54) is 0 Å². The molecule has 0 aromatic heterocycles. The fraction of sp³-hybridized carbons (Fsp3) is 0.818. The highest BCUT2D eigenvalue weighted by Gasteiger charge is 2.13. The number of carbonyl (C=O) groups excluding carboxylic acids is 1. The van der Waals surface area contributed by atoms with Gasteiger partial charge < -0.3 is 4.90 Å². The van der Waals surface area contributed by atoms with Crippen molar-refractivity contribution in [3.63, 3.8) is 0 Å². The lowest BCUT2D eigenvalue weighted by molar-refractivity contribution is -0.131. The maximum Gasteiger partial charge on any atom is 0.222 e. The van der Waals surface area contributed by atoms with Crippen molar-refractivity contribution in [3.05, 3.63) is 6.92 Å². The zero-order chi connectivity index (χ0) is 10.4. The molecule has 0 bridgehead atoms. The summed E-state index contributed by atoms with van der Waals surface area (Å²) in [5.74, 6) is 1.24. The second-order valence-electron chi connectivity index (χ2n) is 4.34. The van der Waals surface area contributed by atoms with Crippen molar-refractivity contribution in [2.24, 2.45) is 11.8 Å². The lowest BCUT2D eigenvalue weighted by Crippen LogP contribution is -2.36. The number of hydrogen-bond donors (Lipinski definition) is 0. The molecule has 2 heteroatoms. The van der Waals surface area contributed by atoms with Gasteiger partial charge in [-0.2, -0.15) is 0 Å². The molecule has 0 heterocycles. The van der Waals surface area contributed by atoms with E-state index < -0.39 is 0 Å². The molecule has 77 valence electrons. The van der Waals surface area contributed by atoms with Crippen molar-refractivity contribution in [1.82, 2.24) is 4.90 Å². The zero-order valence-electron chi connectivity index (χ0n) is 9.34. The Labute approximate surface area is 82.3 Å². The normalized spacial score (nSPS) is 11.0. The second-order valence-corrected chi connectivity index (χ2v) is 4.34. The quantitative estimate of drug-likeness (QED) is 0.642. The van der Waals surface area contributed by atoms with E-state index >= 15 is 0 Å². The van der Waals surface area contributed by atoms with Crippen LogP contribution in [0.5, 0.6) is 0 Å². The molecular weight excluding hydrogens is 162 g/mol. The Morgan fingerprint density at radius 3 is 1.77 bits per heavy atom. The minimum atomic E-state index is 0.169. The third kappa shape index (κ3) is 5.67. The molecule has 0 aromatic rings. The van der Waals surface area contributed by atoms with Gasteiger partial charge in [0.15, 0.2) is 0 Å². The Bertz CT molecular complexity index is 142. The molecule has 0 N–H and O–H groups in total. The van der Waals surface area contributed by atoms with E-state index in [0.717, 1.165) is 13.1 Å². The van der Waals surface area contributed by atoms with Crippen molar-refractivity contribution < 1.29 is 4.79 Å². The monoisotopic (exact) mass is 184 g/mol. The summed E-state index contributed by atoms with van der Waals surface area (Å²) >= 11 is 0. The van der Waals surface area contributed by atoms with Gasteiger partial charge in [-0.1, -0.05) is 27.7 Å². The molecule has 1 radical (unpaired) electrons. The molecule has 0 saturated heterocycles. The summed E-state index contributed by atoms with van der Waals surface area (Å²) in [7, 11) is 0. The molecule has 0 rings (SSSR count). The Balaban J connectivity index is 4.10. The van der Waals surface area contributed by atoms with Crippen LogP contribution >= 0.6 is 0 Å². The predicted molar refractivity (Wildman–Crippen MR) is 56.2 cm³/mol. The lowest BCUT2D eigenvalue weighted by Gasteiger charge is -2.25. The van der Waals surface area contributed by atoms with Gasteiger partial charge in [-0.25, -0.2) is 0 Å². The van der Waals surface area contributed by atoms with Crippen LogP contribution in [-0.2, 0) is 4.79 Å². The third-order valence-electron chi connectivity index (χ3n) is 1.74. The van der Waals surface area contributed by atoms with Crippen LogP contribution in [0.3, 0.4) is 0 Å². The van der Waals surface area contributed by atoms with Crippen molar-refractivity contribution in [1.29, 1.82) is 0 Å². The predicted octanol–water partition coefficient (Wildman–Crippen LogP) is 2.35. The van der Waals surface area contributed by atoms with Crippen LogP contribution in [-0.4, -0.2) is 23.9 Å². The van der Waals surface area contributed by atoms with E-state index in [0.29, 0.717) is 18.3 Å². The smallest absolute Gasteiger partial charge is 0.222 e. The van der Waals surface area contributed by atoms with Crippen LogP contribution in [0.1, 0.15) is 34.1 Å². The molecule has 0 spiro atoms. The zero-order valence-corrected chi connectivity index (χ0v) is 9.34. The van der Waals surface area contributed by atoms with Crippen molar-refractivity contribution in [2.75, 3.05) is 13.1 Å². The summed E-state index contributed by atoms with van der Waals surface area (Å²) in [4.78, 5) is 13.4. The highest BCUT2D eigenvalue weighted by atomic mass is 16.2.